The van der Waals surface area contributed by atoms with Gasteiger partial charge in [-0.1, -0.05) is 25.2 Å². The zero-order chi connectivity index (χ0) is 13.7. The Morgan fingerprint density at radius 1 is 1.37 bits per heavy atom. The minimum Gasteiger partial charge on any atom is -0.393 e. The van der Waals surface area contributed by atoms with Crippen molar-refractivity contribution in [3.05, 3.63) is 24.4 Å². The first-order valence-electron chi connectivity index (χ1n) is 6.89. The molecule has 1 atom stereocenters. The molecule has 0 spiro atoms. The van der Waals surface area contributed by atoms with Crippen LogP contribution in [0.25, 0.3) is 0 Å². The van der Waals surface area contributed by atoms with E-state index in [0.717, 1.165) is 44.8 Å². The Balaban J connectivity index is 1.89. The van der Waals surface area contributed by atoms with Crippen LogP contribution in [0.3, 0.4) is 0 Å². The molecule has 0 saturated carbocycles. The molecule has 0 radical (unpaired) electrons. The molecule has 1 aliphatic rings. The highest BCUT2D eigenvalue weighted by molar-refractivity contribution is 7.80. The van der Waals surface area contributed by atoms with Crippen LogP contribution < -0.4 is 10.6 Å². The van der Waals surface area contributed by atoms with Crippen LogP contribution in [0.5, 0.6) is 0 Å². The van der Waals surface area contributed by atoms with Gasteiger partial charge in [0.05, 0.1) is 4.99 Å². The zero-order valence-corrected chi connectivity index (χ0v) is 12.3. The Bertz CT molecular complexity index is 401. The largest absolute Gasteiger partial charge is 0.393 e. The second-order valence-corrected chi connectivity index (χ2v) is 5.47. The number of nitrogens with zero attached hydrogens (tertiary/aromatic N) is 3. The standard InChI is InChI=1S/C14H22N4S/c1-2-12(11-13(15)19)17-7-9-18(10-8-17)14-5-3-4-6-16-14/h3-6,12H,2,7-11H2,1H3,(H2,15,19). The molecule has 0 amide bonds. The third kappa shape index (κ3) is 3.88. The molecule has 1 aromatic heterocycles. The van der Waals surface area contributed by atoms with E-state index in [0.29, 0.717) is 11.0 Å². The van der Waals surface area contributed by atoms with Gasteiger partial charge in [0.15, 0.2) is 0 Å². The van der Waals surface area contributed by atoms with Gasteiger partial charge in [0.2, 0.25) is 0 Å². The first-order chi connectivity index (χ1) is 9.20. The van der Waals surface area contributed by atoms with Gasteiger partial charge in [-0.25, -0.2) is 4.98 Å². The molecule has 0 aliphatic carbocycles. The number of thiocarbonyl (C=S) groups is 1. The molecule has 0 bridgehead atoms. The van der Waals surface area contributed by atoms with E-state index in [2.05, 4.69) is 27.8 Å². The summed E-state index contributed by atoms with van der Waals surface area (Å²) in [5.74, 6) is 1.07. The molecule has 5 heteroatoms. The van der Waals surface area contributed by atoms with E-state index in [1.807, 2.05) is 18.3 Å². The number of nitrogens with two attached hydrogens (primary N) is 1. The van der Waals surface area contributed by atoms with Gasteiger partial charge >= 0.3 is 0 Å². The predicted molar refractivity (Wildman–Crippen MR) is 83.5 cm³/mol. The van der Waals surface area contributed by atoms with Gasteiger partial charge in [0, 0.05) is 44.8 Å². The first-order valence-corrected chi connectivity index (χ1v) is 7.30. The summed E-state index contributed by atoms with van der Waals surface area (Å²) in [7, 11) is 0. The smallest absolute Gasteiger partial charge is 0.128 e. The van der Waals surface area contributed by atoms with Crippen molar-refractivity contribution in [2.24, 2.45) is 5.73 Å². The average Bonchev–Trinajstić information content (AvgIpc) is 2.46. The van der Waals surface area contributed by atoms with Crippen molar-refractivity contribution in [2.75, 3.05) is 31.1 Å². The molecule has 2 heterocycles. The van der Waals surface area contributed by atoms with E-state index in [1.54, 1.807) is 0 Å². The summed E-state index contributed by atoms with van der Waals surface area (Å²) < 4.78 is 0. The number of hydrogen-bond donors (Lipinski definition) is 1. The molecule has 2 rings (SSSR count). The van der Waals surface area contributed by atoms with Gasteiger partial charge in [0.25, 0.3) is 0 Å². The summed E-state index contributed by atoms with van der Waals surface area (Å²) in [6.45, 7) is 6.35. The van der Waals surface area contributed by atoms with E-state index in [1.165, 1.54) is 0 Å². The van der Waals surface area contributed by atoms with E-state index in [4.69, 9.17) is 18.0 Å². The molecule has 1 fully saturated rings. The number of aromatic nitrogens is 1. The summed E-state index contributed by atoms with van der Waals surface area (Å²) in [6.07, 6.45) is 3.78. The fraction of sp³-hybridized carbons (Fsp3) is 0.571. The molecule has 1 unspecified atom stereocenters. The Hall–Kier alpha value is -1.20. The third-order valence-electron chi connectivity index (χ3n) is 3.71. The lowest BCUT2D eigenvalue weighted by Gasteiger charge is -2.39. The monoisotopic (exact) mass is 278 g/mol. The van der Waals surface area contributed by atoms with Crippen LogP contribution >= 0.6 is 12.2 Å². The number of pyridine rings is 1. The van der Waals surface area contributed by atoms with Crippen LogP contribution in [0.4, 0.5) is 5.82 Å². The second kappa shape index (κ2) is 6.82. The second-order valence-electron chi connectivity index (χ2n) is 4.94. The van der Waals surface area contributed by atoms with E-state index in [-0.39, 0.29) is 0 Å². The molecule has 1 aliphatic heterocycles. The van der Waals surface area contributed by atoms with Crippen LogP contribution in [0, 0.1) is 0 Å². The summed E-state index contributed by atoms with van der Waals surface area (Å²) >= 11 is 5.04. The maximum Gasteiger partial charge on any atom is 0.128 e. The molecular formula is C14H22N4S. The van der Waals surface area contributed by atoms with Gasteiger partial charge in [-0.3, -0.25) is 4.90 Å². The van der Waals surface area contributed by atoms with Crippen molar-refractivity contribution in [1.29, 1.82) is 0 Å². The highest BCUT2D eigenvalue weighted by Gasteiger charge is 2.23. The Morgan fingerprint density at radius 2 is 2.11 bits per heavy atom. The van der Waals surface area contributed by atoms with Crippen molar-refractivity contribution < 1.29 is 0 Å². The van der Waals surface area contributed by atoms with Crippen molar-refractivity contribution >= 4 is 23.0 Å². The maximum atomic E-state index is 5.68. The Labute approximate surface area is 120 Å². The quantitative estimate of drug-likeness (QED) is 0.830. The van der Waals surface area contributed by atoms with Crippen molar-refractivity contribution in [2.45, 2.75) is 25.8 Å². The van der Waals surface area contributed by atoms with Crippen molar-refractivity contribution in [3.8, 4) is 0 Å². The minimum absolute atomic E-state index is 0.489. The molecule has 2 N–H and O–H groups in total. The van der Waals surface area contributed by atoms with E-state index < -0.39 is 0 Å². The molecule has 1 aromatic rings. The van der Waals surface area contributed by atoms with E-state index >= 15 is 0 Å². The van der Waals surface area contributed by atoms with Crippen molar-refractivity contribution in [1.82, 2.24) is 9.88 Å². The predicted octanol–water partition coefficient (Wildman–Crippen LogP) is 1.66. The van der Waals surface area contributed by atoms with Crippen LogP contribution in [0.1, 0.15) is 19.8 Å². The molecule has 4 nitrogen and oxygen atoms in total. The van der Waals surface area contributed by atoms with Gasteiger partial charge in [-0.2, -0.15) is 0 Å². The Morgan fingerprint density at radius 3 is 2.63 bits per heavy atom. The van der Waals surface area contributed by atoms with E-state index in [9.17, 15) is 0 Å². The number of piperazine rings is 1. The number of rotatable bonds is 5. The lowest BCUT2D eigenvalue weighted by atomic mass is 10.1. The third-order valence-corrected chi connectivity index (χ3v) is 3.88. The minimum atomic E-state index is 0.489. The molecule has 1 saturated heterocycles. The fourth-order valence-corrected chi connectivity index (χ4v) is 2.81. The van der Waals surface area contributed by atoms with Crippen molar-refractivity contribution in [3.63, 3.8) is 0 Å². The highest BCUT2D eigenvalue weighted by atomic mass is 32.1. The molecule has 19 heavy (non-hydrogen) atoms. The summed E-state index contributed by atoms with van der Waals surface area (Å²) in [5.41, 5.74) is 5.68. The molecular weight excluding hydrogens is 256 g/mol. The summed E-state index contributed by atoms with van der Waals surface area (Å²) in [6, 6.07) is 6.55. The molecule has 104 valence electrons. The zero-order valence-electron chi connectivity index (χ0n) is 11.5. The lowest BCUT2D eigenvalue weighted by molar-refractivity contribution is 0.184. The SMILES string of the molecule is CCC(CC(N)=S)N1CCN(c2ccccn2)CC1. The lowest BCUT2D eigenvalue weighted by Crippen LogP contribution is -2.51. The number of anilines is 1. The molecule has 0 aromatic carbocycles. The summed E-state index contributed by atoms with van der Waals surface area (Å²) in [5, 5.41) is 0. The normalized spacial score (nSPS) is 18.3. The van der Waals surface area contributed by atoms with Crippen LogP contribution in [0.2, 0.25) is 0 Å². The fourth-order valence-electron chi connectivity index (χ4n) is 2.62. The summed E-state index contributed by atoms with van der Waals surface area (Å²) in [4.78, 5) is 9.87. The van der Waals surface area contributed by atoms with Gasteiger partial charge in [-0.15, -0.1) is 0 Å². The van der Waals surface area contributed by atoms with Crippen LogP contribution in [-0.2, 0) is 0 Å². The van der Waals surface area contributed by atoms with Gasteiger partial charge < -0.3 is 10.6 Å². The highest BCUT2D eigenvalue weighted by Crippen LogP contribution is 2.16. The average molecular weight is 278 g/mol. The van der Waals surface area contributed by atoms with Gasteiger partial charge in [0.1, 0.15) is 5.82 Å². The first kappa shape index (κ1) is 14.2. The number of hydrogen-bond acceptors (Lipinski definition) is 4. The Kier molecular flexibility index (Phi) is 5.10. The van der Waals surface area contributed by atoms with Gasteiger partial charge in [-0.05, 0) is 18.6 Å². The topological polar surface area (TPSA) is 45.4 Å². The van der Waals surface area contributed by atoms with Crippen LogP contribution in [-0.4, -0.2) is 47.1 Å². The maximum absolute atomic E-state index is 5.68. The van der Waals surface area contributed by atoms with Crippen LogP contribution in [0.15, 0.2) is 24.4 Å².